The van der Waals surface area contributed by atoms with E-state index in [1.54, 1.807) is 11.9 Å². The minimum absolute atomic E-state index is 0.0184. The number of benzene rings is 1. The summed E-state index contributed by atoms with van der Waals surface area (Å²) in [6.45, 7) is 5.80. The van der Waals surface area contributed by atoms with E-state index in [1.165, 1.54) is 5.57 Å². The van der Waals surface area contributed by atoms with Gasteiger partial charge in [-0.15, -0.1) is 0 Å². The van der Waals surface area contributed by atoms with Gasteiger partial charge in [-0.2, -0.15) is 0 Å². The van der Waals surface area contributed by atoms with Gasteiger partial charge in [0.15, 0.2) is 0 Å². The van der Waals surface area contributed by atoms with Crippen LogP contribution in [0.25, 0.3) is 0 Å². The number of nitrogens with zero attached hydrogens (tertiary/aromatic N) is 2. The quantitative estimate of drug-likeness (QED) is 0.656. The first-order valence-corrected chi connectivity index (χ1v) is 10.2. The van der Waals surface area contributed by atoms with E-state index in [4.69, 9.17) is 0 Å². The monoisotopic (exact) mass is 430 g/mol. The van der Waals surface area contributed by atoms with Gasteiger partial charge in [-0.25, -0.2) is 0 Å². The van der Waals surface area contributed by atoms with Crippen LogP contribution in [0.2, 0.25) is 0 Å². The smallest absolute Gasteiger partial charge is 0.235 e. The zero-order valence-corrected chi connectivity index (χ0v) is 17.8. The highest BCUT2D eigenvalue weighted by Crippen LogP contribution is 2.46. The summed E-state index contributed by atoms with van der Waals surface area (Å²) in [5, 5.41) is 0. The first-order valence-electron chi connectivity index (χ1n) is 9.37. The van der Waals surface area contributed by atoms with Crippen molar-refractivity contribution in [2.45, 2.75) is 26.7 Å². The van der Waals surface area contributed by atoms with Crippen LogP contribution in [-0.4, -0.2) is 43.8 Å². The number of carbonyl (C=O) groups is 2. The number of rotatable bonds is 5. The summed E-state index contributed by atoms with van der Waals surface area (Å²) in [6, 6.07) is 7.66. The second-order valence-electron chi connectivity index (χ2n) is 8.11. The molecule has 1 fully saturated rings. The zero-order valence-electron chi connectivity index (χ0n) is 16.2. The molecule has 0 saturated carbocycles. The van der Waals surface area contributed by atoms with Crippen LogP contribution < -0.4 is 4.90 Å². The molecule has 5 heteroatoms. The van der Waals surface area contributed by atoms with E-state index >= 15 is 0 Å². The van der Waals surface area contributed by atoms with E-state index in [9.17, 15) is 9.59 Å². The van der Waals surface area contributed by atoms with Gasteiger partial charge in [0.2, 0.25) is 5.91 Å². The van der Waals surface area contributed by atoms with E-state index in [0.717, 1.165) is 35.8 Å². The number of amides is 1. The maximum atomic E-state index is 13.5. The highest BCUT2D eigenvalue weighted by molar-refractivity contribution is 9.10. The number of aldehydes is 1. The van der Waals surface area contributed by atoms with Crippen LogP contribution in [0.3, 0.4) is 0 Å². The lowest BCUT2D eigenvalue weighted by atomic mass is 9.68. The normalized spacial score (nSPS) is 28.1. The van der Waals surface area contributed by atoms with E-state index in [1.807, 2.05) is 38.1 Å². The molecule has 4 nitrogen and oxygen atoms in total. The Labute approximate surface area is 170 Å². The molecule has 144 valence electrons. The second-order valence-corrected chi connectivity index (χ2v) is 9.03. The summed E-state index contributed by atoms with van der Waals surface area (Å²) in [5.74, 6) is -0.0184. The Morgan fingerprint density at radius 1 is 1.22 bits per heavy atom. The van der Waals surface area contributed by atoms with Crippen LogP contribution in [0.5, 0.6) is 0 Å². The molecular formula is C22H27BrN2O2. The number of allylic oxidation sites excluding steroid dienone is 2. The summed E-state index contributed by atoms with van der Waals surface area (Å²) in [4.78, 5) is 29.4. The summed E-state index contributed by atoms with van der Waals surface area (Å²) >= 11 is 3.43. The van der Waals surface area contributed by atoms with Gasteiger partial charge in [-0.3, -0.25) is 9.69 Å². The van der Waals surface area contributed by atoms with Crippen molar-refractivity contribution >= 4 is 33.8 Å². The second kappa shape index (κ2) is 7.72. The molecular weight excluding hydrogens is 404 g/mol. The van der Waals surface area contributed by atoms with Crippen molar-refractivity contribution in [3.63, 3.8) is 0 Å². The van der Waals surface area contributed by atoms with E-state index in [2.05, 4.69) is 39.1 Å². The first-order chi connectivity index (χ1) is 12.8. The molecule has 0 unspecified atom stereocenters. The Hall–Kier alpha value is -1.72. The van der Waals surface area contributed by atoms with Crippen LogP contribution in [-0.2, 0) is 9.59 Å². The average Bonchev–Trinajstić information content (AvgIpc) is 2.93. The van der Waals surface area contributed by atoms with Gasteiger partial charge in [-0.05, 0) is 49.6 Å². The third kappa shape index (κ3) is 3.81. The highest BCUT2D eigenvalue weighted by Gasteiger charge is 2.57. The van der Waals surface area contributed by atoms with Crippen LogP contribution in [0.4, 0.5) is 5.69 Å². The average molecular weight is 431 g/mol. The Morgan fingerprint density at radius 3 is 2.52 bits per heavy atom. The molecule has 1 aliphatic carbocycles. The van der Waals surface area contributed by atoms with Crippen molar-refractivity contribution in [1.82, 2.24) is 4.90 Å². The van der Waals surface area contributed by atoms with Crippen molar-refractivity contribution in [2.75, 3.05) is 31.6 Å². The maximum Gasteiger partial charge on any atom is 0.235 e. The zero-order chi connectivity index (χ0) is 19.7. The topological polar surface area (TPSA) is 40.6 Å². The molecule has 27 heavy (non-hydrogen) atoms. The number of likely N-dealkylation sites (tertiary alicyclic amines) is 1. The van der Waals surface area contributed by atoms with E-state index < -0.39 is 10.8 Å². The van der Waals surface area contributed by atoms with Crippen LogP contribution in [0.15, 0.2) is 52.5 Å². The largest absolute Gasteiger partial charge is 0.315 e. The summed E-state index contributed by atoms with van der Waals surface area (Å²) < 4.78 is 0.969. The molecule has 1 saturated heterocycles. The lowest BCUT2D eigenvalue weighted by Gasteiger charge is -2.37. The third-order valence-corrected chi connectivity index (χ3v) is 6.61. The van der Waals surface area contributed by atoms with Crippen LogP contribution in [0.1, 0.15) is 26.7 Å². The highest BCUT2D eigenvalue weighted by atomic mass is 79.9. The first kappa shape index (κ1) is 20.0. The van der Waals surface area contributed by atoms with Crippen molar-refractivity contribution in [3.8, 4) is 0 Å². The minimum atomic E-state index is -0.768. The van der Waals surface area contributed by atoms with Gasteiger partial charge in [0.1, 0.15) is 6.29 Å². The lowest BCUT2D eigenvalue weighted by molar-refractivity contribution is -0.136. The molecule has 0 bridgehead atoms. The fourth-order valence-electron chi connectivity index (χ4n) is 4.11. The Balaban J connectivity index is 1.83. The Morgan fingerprint density at radius 2 is 1.93 bits per heavy atom. The molecule has 2 aliphatic rings. The van der Waals surface area contributed by atoms with Crippen LogP contribution >= 0.6 is 15.9 Å². The summed E-state index contributed by atoms with van der Waals surface area (Å²) in [5.41, 5.74) is 0.615. The molecule has 0 spiro atoms. The molecule has 1 heterocycles. The molecule has 3 rings (SSSR count). The molecule has 0 aromatic heterocycles. The Bertz CT molecular complexity index is 786. The SMILES string of the molecule is CN(C(=O)[C@@]1(C)CN(CC2=CCCC=C2)C[C@@]1(C)C=O)c1ccc(Br)cc1. The molecule has 0 radical (unpaired) electrons. The lowest BCUT2D eigenvalue weighted by Crippen LogP contribution is -2.50. The number of carbonyl (C=O) groups excluding carboxylic acids is 2. The summed E-state index contributed by atoms with van der Waals surface area (Å²) in [7, 11) is 1.79. The van der Waals surface area contributed by atoms with Gasteiger partial charge in [0.25, 0.3) is 0 Å². The van der Waals surface area contributed by atoms with Gasteiger partial charge >= 0.3 is 0 Å². The third-order valence-electron chi connectivity index (χ3n) is 6.08. The molecule has 2 atom stereocenters. The van der Waals surface area contributed by atoms with Gasteiger partial charge in [0.05, 0.1) is 10.8 Å². The molecule has 0 N–H and O–H groups in total. The number of anilines is 1. The predicted octanol–water partition coefficient (Wildman–Crippen LogP) is 4.22. The molecule has 1 aromatic carbocycles. The van der Waals surface area contributed by atoms with Crippen molar-refractivity contribution < 1.29 is 9.59 Å². The molecule has 1 aliphatic heterocycles. The standard InChI is InChI=1S/C22H27BrN2O2/c1-21(16-26)14-25(13-17-7-5-4-6-8-17)15-22(21,2)20(27)24(3)19-11-9-18(23)10-12-19/h5,7-12,16H,4,6,13-15H2,1-3H3/t21-,22+/m0/s1. The van der Waals surface area contributed by atoms with Gasteiger partial charge in [-0.1, -0.05) is 41.1 Å². The van der Waals surface area contributed by atoms with Gasteiger partial charge < -0.3 is 9.69 Å². The minimum Gasteiger partial charge on any atom is -0.315 e. The van der Waals surface area contributed by atoms with Crippen molar-refractivity contribution in [1.29, 1.82) is 0 Å². The maximum absolute atomic E-state index is 13.5. The number of hydrogen-bond acceptors (Lipinski definition) is 3. The van der Waals surface area contributed by atoms with Crippen molar-refractivity contribution in [3.05, 3.63) is 52.5 Å². The molecule has 1 aromatic rings. The van der Waals surface area contributed by atoms with Crippen LogP contribution in [0, 0.1) is 10.8 Å². The fourth-order valence-corrected chi connectivity index (χ4v) is 4.37. The van der Waals surface area contributed by atoms with Gasteiger partial charge in [0, 0.05) is 36.8 Å². The van der Waals surface area contributed by atoms with Crippen molar-refractivity contribution in [2.24, 2.45) is 10.8 Å². The van der Waals surface area contributed by atoms with E-state index in [0.29, 0.717) is 13.1 Å². The van der Waals surface area contributed by atoms with E-state index in [-0.39, 0.29) is 5.91 Å². The predicted molar refractivity (Wildman–Crippen MR) is 113 cm³/mol. The molecule has 1 amide bonds. The number of halogens is 1. The Kier molecular flexibility index (Phi) is 5.73. The summed E-state index contributed by atoms with van der Waals surface area (Å²) in [6.07, 6.45) is 9.73. The fraction of sp³-hybridized carbons (Fsp3) is 0.455. The number of hydrogen-bond donors (Lipinski definition) is 0.